The fourth-order valence-electron chi connectivity index (χ4n) is 2.23. The van der Waals surface area contributed by atoms with Crippen LogP contribution in [0.1, 0.15) is 78.6 Å². The first-order valence-corrected chi connectivity index (χ1v) is 7.65. The minimum absolute atomic E-state index is 0.272. The molecule has 0 spiro atoms. The third kappa shape index (κ3) is 9.61. The van der Waals surface area contributed by atoms with Crippen molar-refractivity contribution in [2.75, 3.05) is 6.61 Å². The van der Waals surface area contributed by atoms with Gasteiger partial charge in [-0.25, -0.2) is 0 Å². The summed E-state index contributed by atoms with van der Waals surface area (Å²) in [6.07, 6.45) is 11.5. The zero-order valence-electron chi connectivity index (χ0n) is 12.2. The maximum Gasteiger partial charge on any atom is 0.0584 e. The molecule has 0 aliphatic rings. The summed E-state index contributed by atoms with van der Waals surface area (Å²) in [5.74, 6) is 0. The molecular formula is C15H33NO. The van der Waals surface area contributed by atoms with Crippen LogP contribution < -0.4 is 5.32 Å². The van der Waals surface area contributed by atoms with E-state index >= 15 is 0 Å². The Morgan fingerprint density at radius 1 is 0.824 bits per heavy atom. The van der Waals surface area contributed by atoms with Crippen molar-refractivity contribution in [1.82, 2.24) is 5.32 Å². The average molecular weight is 243 g/mol. The van der Waals surface area contributed by atoms with Crippen LogP contribution in [0.2, 0.25) is 0 Å². The summed E-state index contributed by atoms with van der Waals surface area (Å²) in [5, 5.41) is 12.9. The predicted molar refractivity (Wildman–Crippen MR) is 76.4 cm³/mol. The van der Waals surface area contributed by atoms with Crippen molar-refractivity contribution in [2.45, 2.75) is 90.6 Å². The normalized spacial score (nSPS) is 13.2. The SMILES string of the molecule is CCCCCC(CCCCC)N[C@@H](CC)CO. The van der Waals surface area contributed by atoms with Crippen LogP contribution in [0.3, 0.4) is 0 Å². The highest BCUT2D eigenvalue weighted by Crippen LogP contribution is 2.12. The maximum absolute atomic E-state index is 9.26. The lowest BCUT2D eigenvalue weighted by atomic mass is 10.0. The van der Waals surface area contributed by atoms with Crippen LogP contribution in [0.4, 0.5) is 0 Å². The van der Waals surface area contributed by atoms with Crippen molar-refractivity contribution in [3.8, 4) is 0 Å². The highest BCUT2D eigenvalue weighted by molar-refractivity contribution is 4.73. The number of hydrogen-bond acceptors (Lipinski definition) is 2. The van der Waals surface area contributed by atoms with E-state index in [0.717, 1.165) is 6.42 Å². The van der Waals surface area contributed by atoms with Gasteiger partial charge in [0.1, 0.15) is 0 Å². The third-order valence-corrected chi connectivity index (χ3v) is 3.50. The minimum Gasteiger partial charge on any atom is -0.395 e. The number of aliphatic hydroxyl groups excluding tert-OH is 1. The van der Waals surface area contributed by atoms with Gasteiger partial charge in [-0.05, 0) is 19.3 Å². The van der Waals surface area contributed by atoms with Gasteiger partial charge in [0.05, 0.1) is 6.61 Å². The topological polar surface area (TPSA) is 32.3 Å². The smallest absolute Gasteiger partial charge is 0.0584 e. The summed E-state index contributed by atoms with van der Waals surface area (Å²) in [6, 6.07) is 0.911. The molecule has 0 saturated carbocycles. The quantitative estimate of drug-likeness (QED) is 0.510. The second kappa shape index (κ2) is 12.4. The Labute approximate surface area is 108 Å². The second-order valence-electron chi connectivity index (χ2n) is 5.14. The molecule has 0 radical (unpaired) electrons. The van der Waals surface area contributed by atoms with E-state index in [0.29, 0.717) is 12.1 Å². The van der Waals surface area contributed by atoms with Gasteiger partial charge >= 0.3 is 0 Å². The molecule has 2 nitrogen and oxygen atoms in total. The summed E-state index contributed by atoms with van der Waals surface area (Å²) >= 11 is 0. The fourth-order valence-corrected chi connectivity index (χ4v) is 2.23. The van der Waals surface area contributed by atoms with Crippen molar-refractivity contribution >= 4 is 0 Å². The Hall–Kier alpha value is -0.0800. The summed E-state index contributed by atoms with van der Waals surface area (Å²) in [7, 11) is 0. The zero-order valence-corrected chi connectivity index (χ0v) is 12.2. The van der Waals surface area contributed by atoms with E-state index in [2.05, 4.69) is 26.1 Å². The van der Waals surface area contributed by atoms with Crippen molar-refractivity contribution in [1.29, 1.82) is 0 Å². The standard InChI is InChI=1S/C15H33NO/c1-4-7-9-11-15(12-10-8-5-2)16-14(6-3)13-17/h14-17H,4-13H2,1-3H3/t14-/m0/s1. The van der Waals surface area contributed by atoms with Crippen molar-refractivity contribution < 1.29 is 5.11 Å². The Morgan fingerprint density at radius 3 is 1.71 bits per heavy atom. The molecule has 0 saturated heterocycles. The fraction of sp³-hybridized carbons (Fsp3) is 1.00. The molecule has 2 heteroatoms. The van der Waals surface area contributed by atoms with E-state index in [-0.39, 0.29) is 6.61 Å². The van der Waals surface area contributed by atoms with E-state index in [1.807, 2.05) is 0 Å². The van der Waals surface area contributed by atoms with Crippen molar-refractivity contribution in [3.63, 3.8) is 0 Å². The molecule has 2 N–H and O–H groups in total. The predicted octanol–water partition coefficient (Wildman–Crippen LogP) is 3.88. The van der Waals surface area contributed by atoms with Gasteiger partial charge in [0.15, 0.2) is 0 Å². The van der Waals surface area contributed by atoms with Crippen LogP contribution in [-0.2, 0) is 0 Å². The summed E-state index contributed by atoms with van der Waals surface area (Å²) < 4.78 is 0. The average Bonchev–Trinajstić information content (AvgIpc) is 2.35. The molecule has 0 fully saturated rings. The lowest BCUT2D eigenvalue weighted by Crippen LogP contribution is -2.40. The number of hydrogen-bond donors (Lipinski definition) is 2. The number of aliphatic hydroxyl groups is 1. The van der Waals surface area contributed by atoms with E-state index in [1.54, 1.807) is 0 Å². The number of unbranched alkanes of at least 4 members (excludes halogenated alkanes) is 4. The van der Waals surface area contributed by atoms with Crippen LogP contribution in [0.15, 0.2) is 0 Å². The largest absolute Gasteiger partial charge is 0.395 e. The van der Waals surface area contributed by atoms with Gasteiger partial charge in [0, 0.05) is 12.1 Å². The lowest BCUT2D eigenvalue weighted by Gasteiger charge is -2.24. The van der Waals surface area contributed by atoms with Crippen molar-refractivity contribution in [2.24, 2.45) is 0 Å². The molecule has 1 atom stereocenters. The highest BCUT2D eigenvalue weighted by Gasteiger charge is 2.12. The first-order chi connectivity index (χ1) is 8.28. The Balaban J connectivity index is 3.90. The number of rotatable bonds is 12. The zero-order chi connectivity index (χ0) is 12.9. The first-order valence-electron chi connectivity index (χ1n) is 7.65. The summed E-state index contributed by atoms with van der Waals surface area (Å²) in [4.78, 5) is 0. The Morgan fingerprint density at radius 2 is 1.35 bits per heavy atom. The van der Waals surface area contributed by atoms with Gasteiger partial charge in [0.2, 0.25) is 0 Å². The van der Waals surface area contributed by atoms with Gasteiger partial charge in [0.25, 0.3) is 0 Å². The first kappa shape index (κ1) is 16.9. The molecule has 0 aliphatic carbocycles. The van der Waals surface area contributed by atoms with Gasteiger partial charge in [-0.3, -0.25) is 0 Å². The van der Waals surface area contributed by atoms with Gasteiger partial charge in [-0.15, -0.1) is 0 Å². The molecule has 0 aromatic heterocycles. The van der Waals surface area contributed by atoms with Crippen LogP contribution in [-0.4, -0.2) is 23.8 Å². The molecule has 0 aromatic carbocycles. The van der Waals surface area contributed by atoms with E-state index < -0.39 is 0 Å². The van der Waals surface area contributed by atoms with Crippen LogP contribution in [0.25, 0.3) is 0 Å². The van der Waals surface area contributed by atoms with Crippen LogP contribution in [0, 0.1) is 0 Å². The molecule has 0 amide bonds. The van der Waals surface area contributed by atoms with Gasteiger partial charge in [-0.1, -0.05) is 59.3 Å². The van der Waals surface area contributed by atoms with Gasteiger partial charge < -0.3 is 10.4 Å². The molecule has 0 rings (SSSR count). The monoisotopic (exact) mass is 243 g/mol. The maximum atomic E-state index is 9.26. The van der Waals surface area contributed by atoms with Crippen LogP contribution in [0.5, 0.6) is 0 Å². The van der Waals surface area contributed by atoms with E-state index in [9.17, 15) is 5.11 Å². The molecule has 0 aromatic rings. The van der Waals surface area contributed by atoms with E-state index in [4.69, 9.17) is 0 Å². The lowest BCUT2D eigenvalue weighted by molar-refractivity contribution is 0.220. The van der Waals surface area contributed by atoms with E-state index in [1.165, 1.54) is 51.4 Å². The Bertz CT molecular complexity index is 136. The molecule has 17 heavy (non-hydrogen) atoms. The minimum atomic E-state index is 0.272. The third-order valence-electron chi connectivity index (χ3n) is 3.50. The molecule has 104 valence electrons. The molecular weight excluding hydrogens is 210 g/mol. The molecule has 0 heterocycles. The van der Waals surface area contributed by atoms with Gasteiger partial charge in [-0.2, -0.15) is 0 Å². The number of nitrogens with one attached hydrogen (secondary N) is 1. The molecule has 0 bridgehead atoms. The highest BCUT2D eigenvalue weighted by atomic mass is 16.3. The molecule has 0 unspecified atom stereocenters. The van der Waals surface area contributed by atoms with Crippen LogP contribution >= 0.6 is 0 Å². The summed E-state index contributed by atoms with van der Waals surface area (Å²) in [6.45, 7) is 6.92. The second-order valence-corrected chi connectivity index (χ2v) is 5.14. The summed E-state index contributed by atoms with van der Waals surface area (Å²) in [5.41, 5.74) is 0. The molecule has 0 aliphatic heterocycles. The van der Waals surface area contributed by atoms with Crippen molar-refractivity contribution in [3.05, 3.63) is 0 Å². The Kier molecular flexibility index (Phi) is 12.3.